The summed E-state index contributed by atoms with van der Waals surface area (Å²) in [7, 11) is 0. The van der Waals surface area contributed by atoms with E-state index in [4.69, 9.17) is 9.47 Å². The van der Waals surface area contributed by atoms with Crippen LogP contribution in [0.2, 0.25) is 0 Å². The number of thiophene rings is 1. The first-order chi connectivity index (χ1) is 12.5. The monoisotopic (exact) mass is 437 g/mol. The Balaban J connectivity index is 1.88. The van der Waals surface area contributed by atoms with Crippen molar-refractivity contribution in [1.82, 2.24) is 4.90 Å². The molecule has 1 atom stereocenters. The van der Waals surface area contributed by atoms with E-state index in [0.717, 1.165) is 28.6 Å². The van der Waals surface area contributed by atoms with Crippen LogP contribution >= 0.6 is 27.3 Å². The number of hydrogen-bond donors (Lipinski definition) is 0. The van der Waals surface area contributed by atoms with Crippen molar-refractivity contribution in [2.75, 3.05) is 13.2 Å². The zero-order chi connectivity index (χ0) is 18.7. The van der Waals surface area contributed by atoms with E-state index in [1.165, 1.54) is 23.1 Å². The van der Waals surface area contributed by atoms with E-state index in [9.17, 15) is 9.59 Å². The third kappa shape index (κ3) is 4.16. The summed E-state index contributed by atoms with van der Waals surface area (Å²) in [5, 5.41) is 0.609. The van der Waals surface area contributed by atoms with Crippen LogP contribution in [0, 0.1) is 0 Å². The average Bonchev–Trinajstić information content (AvgIpc) is 2.98. The zero-order valence-corrected chi connectivity index (χ0v) is 17.1. The summed E-state index contributed by atoms with van der Waals surface area (Å²) < 4.78 is 11.4. The highest BCUT2D eigenvalue weighted by Crippen LogP contribution is 2.37. The Labute approximate surface area is 165 Å². The smallest absolute Gasteiger partial charge is 0.328 e. The topological polar surface area (TPSA) is 55.8 Å². The number of benzene rings is 1. The van der Waals surface area contributed by atoms with Crippen molar-refractivity contribution in [2.45, 2.75) is 32.9 Å². The van der Waals surface area contributed by atoms with Crippen molar-refractivity contribution in [1.29, 1.82) is 0 Å². The second-order valence-electron chi connectivity index (χ2n) is 6.00. The summed E-state index contributed by atoms with van der Waals surface area (Å²) >= 11 is 5.06. The lowest BCUT2D eigenvalue weighted by atomic mass is 10.0. The molecule has 0 bridgehead atoms. The van der Waals surface area contributed by atoms with Gasteiger partial charge < -0.3 is 9.47 Å². The van der Waals surface area contributed by atoms with Gasteiger partial charge in [0, 0.05) is 29.4 Å². The molecule has 1 aliphatic heterocycles. The molecule has 1 aromatic heterocycles. The maximum absolute atomic E-state index is 12.7. The van der Waals surface area contributed by atoms with Gasteiger partial charge in [-0.25, -0.2) is 4.79 Å². The van der Waals surface area contributed by atoms with Crippen molar-refractivity contribution in [3.8, 4) is 5.06 Å². The Morgan fingerprint density at radius 2 is 2.12 bits per heavy atom. The van der Waals surface area contributed by atoms with Gasteiger partial charge in [-0.1, -0.05) is 34.1 Å². The molecule has 0 saturated carbocycles. The fraction of sp³-hybridized carbons (Fsp3) is 0.368. The second-order valence-corrected chi connectivity index (χ2v) is 7.96. The van der Waals surface area contributed by atoms with E-state index in [1.54, 1.807) is 0 Å². The lowest BCUT2D eigenvalue weighted by Gasteiger charge is -2.33. The number of nitrogens with zero attached hydrogens (tertiary/aromatic N) is 1. The van der Waals surface area contributed by atoms with Crippen LogP contribution in [0.4, 0.5) is 0 Å². The molecular weight excluding hydrogens is 418 g/mol. The Hall–Kier alpha value is -1.70. The largest absolute Gasteiger partial charge is 0.465 e. The molecule has 26 heavy (non-hydrogen) atoms. The van der Waals surface area contributed by atoms with E-state index in [-0.39, 0.29) is 11.9 Å². The molecule has 0 N–H and O–H groups in total. The maximum atomic E-state index is 12.7. The first-order valence-electron chi connectivity index (χ1n) is 8.44. The number of hydrogen-bond acceptors (Lipinski definition) is 6. The number of carbonyl (C=O) groups excluding carboxylic acids is 2. The molecule has 0 unspecified atom stereocenters. The molecule has 7 heteroatoms. The Morgan fingerprint density at radius 3 is 2.81 bits per heavy atom. The summed E-state index contributed by atoms with van der Waals surface area (Å²) in [5.74, 6) is -0.573. The fourth-order valence-electron chi connectivity index (χ4n) is 3.13. The van der Waals surface area contributed by atoms with E-state index >= 15 is 0 Å². The van der Waals surface area contributed by atoms with E-state index in [1.807, 2.05) is 37.3 Å². The highest BCUT2D eigenvalue weighted by atomic mass is 79.9. The SMILES string of the molecule is CCOC(=O)[C@H](c1ccccc1Br)N1CCc2sc(OC(C)=O)cc2C1. The highest BCUT2D eigenvalue weighted by Gasteiger charge is 2.33. The summed E-state index contributed by atoms with van der Waals surface area (Å²) in [6.07, 6.45) is 0.807. The number of ether oxygens (including phenoxy) is 2. The van der Waals surface area contributed by atoms with Gasteiger partial charge in [0.25, 0.3) is 0 Å². The van der Waals surface area contributed by atoms with Crippen LogP contribution in [-0.4, -0.2) is 30.0 Å². The Morgan fingerprint density at radius 1 is 1.35 bits per heavy atom. The number of esters is 2. The van der Waals surface area contributed by atoms with Crippen LogP contribution in [-0.2, 0) is 27.3 Å². The molecule has 5 nitrogen and oxygen atoms in total. The Kier molecular flexibility index (Phi) is 6.11. The van der Waals surface area contributed by atoms with Crippen LogP contribution in [0.15, 0.2) is 34.8 Å². The molecule has 0 aliphatic carbocycles. The van der Waals surface area contributed by atoms with Gasteiger partial charge in [-0.15, -0.1) is 11.3 Å². The number of fused-ring (bicyclic) bond motifs is 1. The van der Waals surface area contributed by atoms with Crippen LogP contribution in [0.5, 0.6) is 5.06 Å². The molecule has 0 amide bonds. The van der Waals surface area contributed by atoms with Gasteiger partial charge in [0.05, 0.1) is 6.61 Å². The minimum atomic E-state index is -0.476. The third-order valence-electron chi connectivity index (χ3n) is 4.19. The molecule has 2 aromatic rings. The molecule has 3 rings (SSSR count). The molecule has 1 aromatic carbocycles. The van der Waals surface area contributed by atoms with Crippen LogP contribution < -0.4 is 4.74 Å². The number of carbonyl (C=O) groups is 2. The zero-order valence-electron chi connectivity index (χ0n) is 14.7. The third-order valence-corrected chi connectivity index (χ3v) is 6.03. The van der Waals surface area contributed by atoms with Gasteiger partial charge in [-0.2, -0.15) is 0 Å². The van der Waals surface area contributed by atoms with Crippen LogP contribution in [0.3, 0.4) is 0 Å². The second kappa shape index (κ2) is 8.33. The number of halogens is 1. The molecule has 0 radical (unpaired) electrons. The quantitative estimate of drug-likeness (QED) is 0.658. The van der Waals surface area contributed by atoms with Gasteiger partial charge in [-0.05, 0) is 36.6 Å². The summed E-state index contributed by atoms with van der Waals surface area (Å²) in [6, 6.07) is 9.14. The van der Waals surface area contributed by atoms with Crippen molar-refractivity contribution >= 4 is 39.2 Å². The minimum absolute atomic E-state index is 0.252. The van der Waals surface area contributed by atoms with Gasteiger partial charge in [0.2, 0.25) is 0 Å². The van der Waals surface area contributed by atoms with E-state index in [2.05, 4.69) is 20.8 Å². The molecule has 0 spiro atoms. The first-order valence-corrected chi connectivity index (χ1v) is 10.1. The highest BCUT2D eigenvalue weighted by molar-refractivity contribution is 9.10. The Bertz CT molecular complexity index is 820. The molecule has 138 valence electrons. The average molecular weight is 438 g/mol. The van der Waals surface area contributed by atoms with E-state index < -0.39 is 6.04 Å². The normalized spacial score (nSPS) is 15.2. The summed E-state index contributed by atoms with van der Waals surface area (Å²) in [4.78, 5) is 27.2. The molecule has 1 aliphatic rings. The molecule has 0 fully saturated rings. The maximum Gasteiger partial charge on any atom is 0.328 e. The molecule has 2 heterocycles. The van der Waals surface area contributed by atoms with Crippen molar-refractivity contribution in [3.63, 3.8) is 0 Å². The van der Waals surface area contributed by atoms with Gasteiger partial charge in [-0.3, -0.25) is 9.69 Å². The number of rotatable bonds is 5. The fourth-order valence-corrected chi connectivity index (χ4v) is 4.68. The lowest BCUT2D eigenvalue weighted by molar-refractivity contribution is -0.150. The lowest BCUT2D eigenvalue weighted by Crippen LogP contribution is -2.38. The predicted octanol–water partition coefficient (Wildman–Crippen LogP) is 4.10. The van der Waals surface area contributed by atoms with Gasteiger partial charge in [0.1, 0.15) is 6.04 Å². The predicted molar refractivity (Wildman–Crippen MR) is 103 cm³/mol. The van der Waals surface area contributed by atoms with Gasteiger partial charge in [0.15, 0.2) is 5.06 Å². The molecule has 0 saturated heterocycles. The standard InChI is InChI=1S/C19H20BrNO4S/c1-3-24-19(23)18(14-6-4-5-7-15(14)20)21-9-8-16-13(11-21)10-17(26-16)25-12(2)22/h4-7,10,18H,3,8-9,11H2,1-2H3/t18-/m0/s1. The van der Waals surface area contributed by atoms with Gasteiger partial charge >= 0.3 is 11.9 Å². The van der Waals surface area contributed by atoms with Crippen LogP contribution in [0.1, 0.15) is 35.9 Å². The summed E-state index contributed by atoms with van der Waals surface area (Å²) in [6.45, 7) is 4.89. The van der Waals surface area contributed by atoms with Crippen LogP contribution in [0.25, 0.3) is 0 Å². The van der Waals surface area contributed by atoms with E-state index in [0.29, 0.717) is 18.2 Å². The van der Waals surface area contributed by atoms with Crippen molar-refractivity contribution < 1.29 is 19.1 Å². The van der Waals surface area contributed by atoms with Crippen molar-refractivity contribution in [2.24, 2.45) is 0 Å². The minimum Gasteiger partial charge on any atom is -0.465 e. The summed E-state index contributed by atoms with van der Waals surface area (Å²) in [5.41, 5.74) is 1.99. The molecular formula is C19H20BrNO4S. The van der Waals surface area contributed by atoms with Crippen molar-refractivity contribution in [3.05, 3.63) is 50.8 Å². The first kappa shape index (κ1) is 19.1.